The van der Waals surface area contributed by atoms with Crippen molar-refractivity contribution in [3.63, 3.8) is 0 Å². The molecule has 0 amide bonds. The van der Waals surface area contributed by atoms with E-state index >= 15 is 0 Å². The summed E-state index contributed by atoms with van der Waals surface area (Å²) >= 11 is 0. The first-order valence-corrected chi connectivity index (χ1v) is 12.1. The predicted octanol–water partition coefficient (Wildman–Crippen LogP) is 3.44. The molecule has 172 valence electrons. The maximum absolute atomic E-state index is 12.6. The van der Waals surface area contributed by atoms with Gasteiger partial charge >= 0.3 is 0 Å². The van der Waals surface area contributed by atoms with Gasteiger partial charge in [-0.05, 0) is 68.4 Å². The Labute approximate surface area is 186 Å². The molecule has 0 aromatic carbocycles. The number of hydrogen-bond donors (Lipinski definition) is 3. The van der Waals surface area contributed by atoms with Crippen LogP contribution in [0.3, 0.4) is 0 Å². The van der Waals surface area contributed by atoms with E-state index in [2.05, 4.69) is 28.5 Å². The lowest BCUT2D eigenvalue weighted by Gasteiger charge is -2.29. The van der Waals surface area contributed by atoms with Crippen LogP contribution in [0.4, 0.5) is 0 Å². The number of nitrogens with one attached hydrogen (secondary N) is 1. The Morgan fingerprint density at radius 2 is 1.68 bits per heavy atom. The average Bonchev–Trinajstić information content (AvgIpc) is 2.71. The van der Waals surface area contributed by atoms with Gasteiger partial charge in [-0.15, -0.1) is 0 Å². The van der Waals surface area contributed by atoms with E-state index in [1.165, 1.54) is 12.3 Å². The highest BCUT2D eigenvalue weighted by atomic mass is 32.2. The lowest BCUT2D eigenvalue weighted by atomic mass is 9.88. The van der Waals surface area contributed by atoms with Crippen molar-refractivity contribution >= 4 is 10.0 Å². The molecule has 2 unspecified atom stereocenters. The Bertz CT molecular complexity index is 969. The number of hydrogen-bond acceptors (Lipinski definition) is 6. The predicted molar refractivity (Wildman–Crippen MR) is 121 cm³/mol. The standard InChI is InChI=1S/C23H35N3O4S/c1-16(2)18-9-12-24-21(13-18)23(6,28)11-10-22(5,27)15-26-31(29,30)19-7-8-20(17(3)4)25-14-19/h7-9,12-14,16-17,26-28H,10-11,15H2,1-6H3. The summed E-state index contributed by atoms with van der Waals surface area (Å²) < 4.78 is 27.6. The van der Waals surface area contributed by atoms with Crippen molar-refractivity contribution < 1.29 is 18.6 Å². The van der Waals surface area contributed by atoms with Crippen LogP contribution in [0.1, 0.15) is 83.2 Å². The number of aliphatic hydroxyl groups is 2. The molecule has 0 radical (unpaired) electrons. The van der Waals surface area contributed by atoms with E-state index in [1.807, 2.05) is 26.0 Å². The second-order valence-corrected chi connectivity index (χ2v) is 11.1. The number of sulfonamides is 1. The molecule has 0 spiro atoms. The number of nitrogens with zero attached hydrogens (tertiary/aromatic N) is 2. The molecule has 0 saturated heterocycles. The van der Waals surface area contributed by atoms with Gasteiger partial charge in [0.1, 0.15) is 10.5 Å². The highest BCUT2D eigenvalue weighted by Gasteiger charge is 2.31. The van der Waals surface area contributed by atoms with Crippen molar-refractivity contribution in [3.05, 3.63) is 53.6 Å². The first-order valence-electron chi connectivity index (χ1n) is 10.6. The third-order valence-corrected chi connectivity index (χ3v) is 6.84. The largest absolute Gasteiger partial charge is 0.389 e. The molecule has 2 aromatic heterocycles. The summed E-state index contributed by atoms with van der Waals surface area (Å²) in [7, 11) is -3.80. The van der Waals surface area contributed by atoms with Gasteiger partial charge in [0.2, 0.25) is 10.0 Å². The van der Waals surface area contributed by atoms with Gasteiger partial charge in [-0.3, -0.25) is 9.97 Å². The van der Waals surface area contributed by atoms with E-state index in [0.29, 0.717) is 11.6 Å². The van der Waals surface area contributed by atoms with Gasteiger partial charge < -0.3 is 10.2 Å². The molecule has 2 aromatic rings. The smallest absolute Gasteiger partial charge is 0.242 e. The molecule has 0 aliphatic heterocycles. The van der Waals surface area contributed by atoms with Gasteiger partial charge in [-0.1, -0.05) is 27.7 Å². The molecular formula is C23H35N3O4S. The highest BCUT2D eigenvalue weighted by Crippen LogP contribution is 2.29. The summed E-state index contributed by atoms with van der Waals surface area (Å²) in [6, 6.07) is 6.98. The molecule has 3 N–H and O–H groups in total. The quantitative estimate of drug-likeness (QED) is 0.512. The highest BCUT2D eigenvalue weighted by molar-refractivity contribution is 7.89. The van der Waals surface area contributed by atoms with Crippen molar-refractivity contribution in [3.8, 4) is 0 Å². The summed E-state index contributed by atoms with van der Waals surface area (Å²) in [5.74, 6) is 0.508. The molecule has 8 heteroatoms. The summed E-state index contributed by atoms with van der Waals surface area (Å²) in [5, 5.41) is 21.6. The van der Waals surface area contributed by atoms with Crippen LogP contribution < -0.4 is 4.72 Å². The van der Waals surface area contributed by atoms with E-state index in [1.54, 1.807) is 26.1 Å². The Morgan fingerprint density at radius 1 is 1.00 bits per heavy atom. The van der Waals surface area contributed by atoms with Crippen molar-refractivity contribution in [2.24, 2.45) is 0 Å². The molecule has 0 bridgehead atoms. The number of pyridine rings is 2. The average molecular weight is 450 g/mol. The van der Waals surface area contributed by atoms with Gasteiger partial charge in [-0.2, -0.15) is 0 Å². The molecule has 0 saturated carbocycles. The minimum Gasteiger partial charge on any atom is -0.389 e. The van der Waals surface area contributed by atoms with E-state index in [-0.39, 0.29) is 30.2 Å². The second kappa shape index (κ2) is 9.73. The third kappa shape index (κ3) is 7.07. The second-order valence-electron chi connectivity index (χ2n) is 9.30. The Morgan fingerprint density at radius 3 is 2.23 bits per heavy atom. The van der Waals surface area contributed by atoms with E-state index in [4.69, 9.17) is 0 Å². The Kier molecular flexibility index (Phi) is 7.97. The molecule has 2 heterocycles. The van der Waals surface area contributed by atoms with Gasteiger partial charge in [0, 0.05) is 24.6 Å². The van der Waals surface area contributed by atoms with Crippen LogP contribution in [-0.4, -0.2) is 40.7 Å². The first kappa shape index (κ1) is 25.4. The summed E-state index contributed by atoms with van der Waals surface area (Å²) in [6.07, 6.45) is 3.40. The lowest BCUT2D eigenvalue weighted by molar-refractivity contribution is -0.00471. The minimum absolute atomic E-state index is 0.0504. The SMILES string of the molecule is CC(C)c1ccnc(C(C)(O)CCC(C)(O)CNS(=O)(=O)c2ccc(C(C)C)nc2)c1. The number of rotatable bonds is 10. The molecule has 2 rings (SSSR count). The maximum Gasteiger partial charge on any atom is 0.242 e. The van der Waals surface area contributed by atoms with E-state index in [9.17, 15) is 18.6 Å². The molecule has 2 atom stereocenters. The minimum atomic E-state index is -3.80. The van der Waals surface area contributed by atoms with Crippen molar-refractivity contribution in [1.29, 1.82) is 0 Å². The van der Waals surface area contributed by atoms with Crippen LogP contribution in [0.2, 0.25) is 0 Å². The van der Waals surface area contributed by atoms with Gasteiger partial charge in [0.15, 0.2) is 0 Å². The van der Waals surface area contributed by atoms with Gasteiger partial charge in [-0.25, -0.2) is 13.1 Å². The molecular weight excluding hydrogens is 414 g/mol. The van der Waals surface area contributed by atoms with E-state index in [0.717, 1.165) is 11.3 Å². The fraction of sp³-hybridized carbons (Fsp3) is 0.565. The van der Waals surface area contributed by atoms with E-state index < -0.39 is 21.2 Å². The Hall–Kier alpha value is -1.87. The third-order valence-electron chi connectivity index (χ3n) is 5.46. The molecule has 0 aliphatic rings. The van der Waals surface area contributed by atoms with Crippen LogP contribution in [0.5, 0.6) is 0 Å². The zero-order valence-corrected chi connectivity index (χ0v) is 20.1. The molecule has 31 heavy (non-hydrogen) atoms. The number of aromatic nitrogens is 2. The lowest BCUT2D eigenvalue weighted by Crippen LogP contribution is -2.42. The van der Waals surface area contributed by atoms with Crippen molar-refractivity contribution in [1.82, 2.24) is 14.7 Å². The van der Waals surface area contributed by atoms with Gasteiger partial charge in [0.25, 0.3) is 0 Å². The summed E-state index contributed by atoms with van der Waals surface area (Å²) in [6.45, 7) is 11.1. The van der Waals surface area contributed by atoms with Crippen LogP contribution >= 0.6 is 0 Å². The zero-order valence-electron chi connectivity index (χ0n) is 19.3. The van der Waals surface area contributed by atoms with Crippen LogP contribution in [0.25, 0.3) is 0 Å². The molecule has 0 aliphatic carbocycles. The summed E-state index contributed by atoms with van der Waals surface area (Å²) in [4.78, 5) is 8.53. The van der Waals surface area contributed by atoms with Crippen LogP contribution in [0, 0.1) is 0 Å². The fourth-order valence-corrected chi connectivity index (χ4v) is 4.16. The summed E-state index contributed by atoms with van der Waals surface area (Å²) in [5.41, 5.74) is -0.181. The van der Waals surface area contributed by atoms with Gasteiger partial charge in [0.05, 0.1) is 11.3 Å². The first-order chi connectivity index (χ1) is 14.2. The zero-order chi connectivity index (χ0) is 23.4. The maximum atomic E-state index is 12.6. The molecule has 7 nitrogen and oxygen atoms in total. The Balaban J connectivity index is 2.01. The van der Waals surface area contributed by atoms with Crippen molar-refractivity contribution in [2.75, 3.05) is 6.54 Å². The normalized spacial score (nSPS) is 16.3. The monoisotopic (exact) mass is 449 g/mol. The van der Waals surface area contributed by atoms with Crippen LogP contribution in [-0.2, 0) is 15.6 Å². The van der Waals surface area contributed by atoms with Crippen LogP contribution in [0.15, 0.2) is 41.6 Å². The topological polar surface area (TPSA) is 112 Å². The fourth-order valence-electron chi connectivity index (χ4n) is 3.06. The van der Waals surface area contributed by atoms with Crippen molar-refractivity contribution in [2.45, 2.75) is 82.3 Å². The molecule has 0 fully saturated rings.